The van der Waals surface area contributed by atoms with Crippen LogP contribution in [0.15, 0.2) is 36.4 Å². The monoisotopic (exact) mass is 246 g/mol. The zero-order valence-corrected chi connectivity index (χ0v) is 10.5. The highest BCUT2D eigenvalue weighted by Crippen LogP contribution is 2.36. The third-order valence-electron chi connectivity index (χ3n) is 2.91. The van der Waals surface area contributed by atoms with Crippen LogP contribution in [0, 0.1) is 6.92 Å². The quantitative estimate of drug-likeness (QED) is 0.799. The van der Waals surface area contributed by atoms with E-state index in [-0.39, 0.29) is 0 Å². The Hall–Kier alpha value is -1.51. The third kappa shape index (κ3) is 2.14. The summed E-state index contributed by atoms with van der Waals surface area (Å²) < 4.78 is 0. The number of nitrogens with two attached hydrogens (primary N) is 2. The molecule has 0 aromatic heterocycles. The molecule has 0 atom stereocenters. The molecule has 0 saturated heterocycles. The van der Waals surface area contributed by atoms with Gasteiger partial charge in [0.05, 0.1) is 0 Å². The molecule has 3 heteroatoms. The van der Waals surface area contributed by atoms with E-state index in [0.29, 0.717) is 11.6 Å². The van der Waals surface area contributed by atoms with Crippen molar-refractivity contribution in [1.29, 1.82) is 0 Å². The SMILES string of the molecule is Cc1cccc(-c2c(Cl)cccc2CN)c1N. The molecule has 2 rings (SSSR count). The van der Waals surface area contributed by atoms with Gasteiger partial charge in [-0.3, -0.25) is 0 Å². The van der Waals surface area contributed by atoms with Crippen LogP contribution in [0.25, 0.3) is 11.1 Å². The first-order chi connectivity index (χ1) is 8.15. The van der Waals surface area contributed by atoms with Gasteiger partial charge in [-0.15, -0.1) is 0 Å². The van der Waals surface area contributed by atoms with E-state index in [2.05, 4.69) is 0 Å². The van der Waals surface area contributed by atoms with Crippen molar-refractivity contribution in [2.75, 3.05) is 5.73 Å². The number of halogens is 1. The molecule has 0 heterocycles. The topological polar surface area (TPSA) is 52.0 Å². The molecular weight excluding hydrogens is 232 g/mol. The summed E-state index contributed by atoms with van der Waals surface area (Å²) in [5.74, 6) is 0. The molecule has 0 saturated carbocycles. The maximum absolute atomic E-state index is 6.26. The molecular formula is C14H15ClN2. The van der Waals surface area contributed by atoms with Gasteiger partial charge in [0.15, 0.2) is 0 Å². The summed E-state index contributed by atoms with van der Waals surface area (Å²) in [6.07, 6.45) is 0. The standard InChI is InChI=1S/C14H15ClN2/c1-9-4-2-6-11(14(9)17)13-10(8-16)5-3-7-12(13)15/h2-7H,8,16-17H2,1H3. The van der Waals surface area contributed by atoms with Crippen LogP contribution >= 0.6 is 11.6 Å². The van der Waals surface area contributed by atoms with Crippen molar-refractivity contribution >= 4 is 17.3 Å². The number of rotatable bonds is 2. The van der Waals surface area contributed by atoms with Crippen LogP contribution in [0.3, 0.4) is 0 Å². The number of anilines is 1. The number of para-hydroxylation sites is 1. The number of hydrogen-bond acceptors (Lipinski definition) is 2. The van der Waals surface area contributed by atoms with E-state index >= 15 is 0 Å². The van der Waals surface area contributed by atoms with Crippen molar-refractivity contribution in [3.63, 3.8) is 0 Å². The van der Waals surface area contributed by atoms with Crippen LogP contribution in [0.5, 0.6) is 0 Å². The van der Waals surface area contributed by atoms with Gasteiger partial charge in [-0.2, -0.15) is 0 Å². The molecule has 2 aromatic rings. The molecule has 0 aliphatic carbocycles. The van der Waals surface area contributed by atoms with Crippen LogP contribution in [0.1, 0.15) is 11.1 Å². The Labute approximate surface area is 106 Å². The number of hydrogen-bond donors (Lipinski definition) is 2. The van der Waals surface area contributed by atoms with Gasteiger partial charge >= 0.3 is 0 Å². The summed E-state index contributed by atoms with van der Waals surface area (Å²) in [6.45, 7) is 2.43. The highest BCUT2D eigenvalue weighted by molar-refractivity contribution is 6.33. The van der Waals surface area contributed by atoms with E-state index in [1.165, 1.54) is 0 Å². The predicted octanol–water partition coefficient (Wildman–Crippen LogP) is 3.36. The average molecular weight is 247 g/mol. The van der Waals surface area contributed by atoms with Crippen LogP contribution in [-0.4, -0.2) is 0 Å². The molecule has 0 spiro atoms. The van der Waals surface area contributed by atoms with Crippen LogP contribution in [0.4, 0.5) is 5.69 Å². The maximum atomic E-state index is 6.26. The molecule has 4 N–H and O–H groups in total. The number of aryl methyl sites for hydroxylation is 1. The molecule has 88 valence electrons. The van der Waals surface area contributed by atoms with Crippen molar-refractivity contribution in [1.82, 2.24) is 0 Å². The second-order valence-electron chi connectivity index (χ2n) is 4.01. The minimum atomic E-state index is 0.448. The molecule has 0 unspecified atom stereocenters. The van der Waals surface area contributed by atoms with E-state index in [0.717, 1.165) is 27.9 Å². The van der Waals surface area contributed by atoms with E-state index < -0.39 is 0 Å². The Balaban J connectivity index is 2.72. The third-order valence-corrected chi connectivity index (χ3v) is 3.23. The van der Waals surface area contributed by atoms with Crippen molar-refractivity contribution in [2.24, 2.45) is 5.73 Å². The highest BCUT2D eigenvalue weighted by Gasteiger charge is 2.11. The Morgan fingerprint density at radius 2 is 1.82 bits per heavy atom. The molecule has 0 aliphatic heterocycles. The molecule has 17 heavy (non-hydrogen) atoms. The number of nitrogen functional groups attached to an aromatic ring is 1. The van der Waals surface area contributed by atoms with Gasteiger partial charge in [0.25, 0.3) is 0 Å². The lowest BCUT2D eigenvalue weighted by atomic mass is 9.96. The van der Waals surface area contributed by atoms with Gasteiger partial charge in [0, 0.05) is 28.4 Å². The van der Waals surface area contributed by atoms with Gasteiger partial charge in [-0.05, 0) is 24.1 Å². The smallest absolute Gasteiger partial charge is 0.0488 e. The lowest BCUT2D eigenvalue weighted by Crippen LogP contribution is -2.01. The first-order valence-corrected chi connectivity index (χ1v) is 5.86. The van der Waals surface area contributed by atoms with Gasteiger partial charge in [-0.25, -0.2) is 0 Å². The first kappa shape index (κ1) is 12.0. The summed E-state index contributed by atoms with van der Waals surface area (Å²) in [5.41, 5.74) is 16.6. The fraction of sp³-hybridized carbons (Fsp3) is 0.143. The zero-order valence-electron chi connectivity index (χ0n) is 9.70. The van der Waals surface area contributed by atoms with E-state index in [1.807, 2.05) is 43.3 Å². The summed E-state index contributed by atoms with van der Waals surface area (Å²) in [6, 6.07) is 11.7. The van der Waals surface area contributed by atoms with E-state index in [9.17, 15) is 0 Å². The minimum absolute atomic E-state index is 0.448. The first-order valence-electron chi connectivity index (χ1n) is 5.48. The lowest BCUT2D eigenvalue weighted by molar-refractivity contribution is 1.07. The minimum Gasteiger partial charge on any atom is -0.398 e. The summed E-state index contributed by atoms with van der Waals surface area (Å²) >= 11 is 6.26. The van der Waals surface area contributed by atoms with Crippen LogP contribution < -0.4 is 11.5 Å². The second kappa shape index (κ2) is 4.78. The lowest BCUT2D eigenvalue weighted by Gasteiger charge is -2.13. The van der Waals surface area contributed by atoms with Gasteiger partial charge in [0.1, 0.15) is 0 Å². The zero-order chi connectivity index (χ0) is 12.4. The Morgan fingerprint density at radius 1 is 1.12 bits per heavy atom. The molecule has 0 fully saturated rings. The van der Waals surface area contributed by atoms with Gasteiger partial charge in [-0.1, -0.05) is 41.9 Å². The van der Waals surface area contributed by atoms with E-state index in [4.69, 9.17) is 23.1 Å². The Kier molecular flexibility index (Phi) is 3.36. The number of benzene rings is 2. The van der Waals surface area contributed by atoms with Gasteiger partial charge < -0.3 is 11.5 Å². The Bertz CT molecular complexity index is 550. The predicted molar refractivity (Wildman–Crippen MR) is 73.9 cm³/mol. The summed E-state index contributed by atoms with van der Waals surface area (Å²) in [4.78, 5) is 0. The van der Waals surface area contributed by atoms with Crippen LogP contribution in [-0.2, 0) is 6.54 Å². The molecule has 0 radical (unpaired) electrons. The summed E-state index contributed by atoms with van der Waals surface area (Å²) in [7, 11) is 0. The summed E-state index contributed by atoms with van der Waals surface area (Å²) in [5, 5.41) is 0.685. The fourth-order valence-electron chi connectivity index (χ4n) is 1.94. The second-order valence-corrected chi connectivity index (χ2v) is 4.42. The largest absolute Gasteiger partial charge is 0.398 e. The molecule has 0 amide bonds. The average Bonchev–Trinajstić information content (AvgIpc) is 2.33. The van der Waals surface area contributed by atoms with Crippen molar-refractivity contribution in [3.8, 4) is 11.1 Å². The van der Waals surface area contributed by atoms with Crippen molar-refractivity contribution < 1.29 is 0 Å². The molecule has 0 aliphatic rings. The van der Waals surface area contributed by atoms with Crippen molar-refractivity contribution in [3.05, 3.63) is 52.5 Å². The van der Waals surface area contributed by atoms with Crippen LogP contribution in [0.2, 0.25) is 5.02 Å². The highest BCUT2D eigenvalue weighted by atomic mass is 35.5. The Morgan fingerprint density at radius 3 is 2.53 bits per heavy atom. The van der Waals surface area contributed by atoms with Gasteiger partial charge in [0.2, 0.25) is 0 Å². The molecule has 0 bridgehead atoms. The fourth-order valence-corrected chi connectivity index (χ4v) is 2.24. The molecule has 2 nitrogen and oxygen atoms in total. The van der Waals surface area contributed by atoms with E-state index in [1.54, 1.807) is 0 Å². The normalized spacial score (nSPS) is 10.5. The molecule has 2 aromatic carbocycles. The van der Waals surface area contributed by atoms with Crippen molar-refractivity contribution in [2.45, 2.75) is 13.5 Å². The maximum Gasteiger partial charge on any atom is 0.0488 e.